The number of hydrogen-bond donors (Lipinski definition) is 0. The highest BCUT2D eigenvalue weighted by Crippen LogP contribution is 2.66. The molecule has 4 rings (SSSR count). The van der Waals surface area contributed by atoms with Crippen LogP contribution in [0.5, 0.6) is 0 Å². The molecule has 1 saturated carbocycles. The minimum Gasteiger partial charge on any atom is -0.342 e. The van der Waals surface area contributed by atoms with E-state index in [1.807, 2.05) is 4.90 Å². The molecule has 1 aromatic heterocycles. The second-order valence-corrected chi connectivity index (χ2v) is 8.79. The van der Waals surface area contributed by atoms with Gasteiger partial charge in [-0.15, -0.1) is 5.10 Å². The zero-order chi connectivity index (χ0) is 16.2. The molecular formula is C17H24N4OS. The summed E-state index contributed by atoms with van der Waals surface area (Å²) in [6.45, 7) is 8.78. The van der Waals surface area contributed by atoms with E-state index in [0.717, 1.165) is 37.3 Å². The van der Waals surface area contributed by atoms with Crippen LogP contribution in [0.3, 0.4) is 0 Å². The number of carbonyl (C=O) groups is 1. The van der Waals surface area contributed by atoms with Gasteiger partial charge in [0.15, 0.2) is 0 Å². The first-order valence-corrected chi connectivity index (χ1v) is 9.58. The van der Waals surface area contributed by atoms with Gasteiger partial charge >= 0.3 is 0 Å². The summed E-state index contributed by atoms with van der Waals surface area (Å²) in [5, 5.41) is 9.45. The van der Waals surface area contributed by atoms with Crippen LogP contribution in [0.15, 0.2) is 5.16 Å². The van der Waals surface area contributed by atoms with Crippen LogP contribution in [-0.2, 0) is 10.2 Å². The normalized spacial score (nSPS) is 30.7. The van der Waals surface area contributed by atoms with E-state index in [9.17, 15) is 4.79 Å². The van der Waals surface area contributed by atoms with Crippen molar-refractivity contribution in [3.05, 3.63) is 11.4 Å². The topological polar surface area (TPSA) is 59.0 Å². The Balaban J connectivity index is 1.52. The van der Waals surface area contributed by atoms with Crippen molar-refractivity contribution in [2.75, 3.05) is 18.8 Å². The number of likely N-dealkylation sites (tertiary alicyclic amines) is 1. The second kappa shape index (κ2) is 5.16. The van der Waals surface area contributed by atoms with Gasteiger partial charge in [0.25, 0.3) is 0 Å². The van der Waals surface area contributed by atoms with E-state index in [-0.39, 0.29) is 16.7 Å². The summed E-state index contributed by atoms with van der Waals surface area (Å²) in [5.74, 6) is 1.10. The van der Waals surface area contributed by atoms with Crippen LogP contribution in [0.2, 0.25) is 0 Å². The van der Waals surface area contributed by atoms with Crippen LogP contribution in [0.4, 0.5) is 0 Å². The Kier molecular flexibility index (Phi) is 3.45. The number of amides is 1. The van der Waals surface area contributed by atoms with E-state index in [2.05, 4.69) is 31.0 Å². The summed E-state index contributed by atoms with van der Waals surface area (Å²) in [5.41, 5.74) is 2.52. The Morgan fingerprint density at radius 3 is 2.74 bits per heavy atom. The molecule has 0 N–H and O–H groups in total. The van der Waals surface area contributed by atoms with Gasteiger partial charge < -0.3 is 4.90 Å². The molecule has 1 aromatic rings. The van der Waals surface area contributed by atoms with Gasteiger partial charge in [0.1, 0.15) is 0 Å². The van der Waals surface area contributed by atoms with Crippen LogP contribution in [0.1, 0.15) is 63.8 Å². The number of carbonyl (C=O) groups excluding carboxylic acids is 1. The van der Waals surface area contributed by atoms with Crippen molar-refractivity contribution < 1.29 is 4.79 Å². The Hall–Kier alpha value is -1.17. The smallest absolute Gasteiger partial charge is 0.233 e. The zero-order valence-corrected chi connectivity index (χ0v) is 14.9. The Bertz CT molecular complexity index is 656. The first-order valence-electron chi connectivity index (χ1n) is 8.59. The zero-order valence-electron chi connectivity index (χ0n) is 14.1. The van der Waals surface area contributed by atoms with E-state index in [1.165, 1.54) is 24.6 Å². The van der Waals surface area contributed by atoms with Gasteiger partial charge in [-0.2, -0.15) is 5.10 Å². The van der Waals surface area contributed by atoms with Gasteiger partial charge in [0.05, 0.1) is 17.1 Å². The predicted octanol–water partition coefficient (Wildman–Crippen LogP) is 2.76. The lowest BCUT2D eigenvalue weighted by molar-refractivity contribution is -0.127. The summed E-state index contributed by atoms with van der Waals surface area (Å²) in [6.07, 6.45) is 4.62. The van der Waals surface area contributed by atoms with Crippen molar-refractivity contribution in [3.8, 4) is 0 Å². The highest BCUT2D eigenvalue weighted by Gasteiger charge is 2.61. The van der Waals surface area contributed by atoms with E-state index in [0.29, 0.717) is 16.8 Å². The monoisotopic (exact) mass is 332 g/mol. The van der Waals surface area contributed by atoms with Crippen molar-refractivity contribution in [2.45, 2.75) is 62.9 Å². The van der Waals surface area contributed by atoms with Crippen molar-refractivity contribution >= 4 is 17.7 Å². The fourth-order valence-electron chi connectivity index (χ4n) is 4.61. The van der Waals surface area contributed by atoms with Gasteiger partial charge in [-0.05, 0) is 31.1 Å². The fraction of sp³-hybridized carbons (Fsp3) is 0.765. The molecule has 2 heterocycles. The Labute approximate surface area is 141 Å². The maximum atomic E-state index is 12.2. The lowest BCUT2D eigenvalue weighted by Gasteiger charge is -2.33. The lowest BCUT2D eigenvalue weighted by Crippen LogP contribution is -2.32. The average molecular weight is 332 g/mol. The number of fused-ring (bicyclic) bond motifs is 5. The molecule has 0 spiro atoms. The number of thioether (sulfide) groups is 1. The predicted molar refractivity (Wildman–Crippen MR) is 89.5 cm³/mol. The second-order valence-electron chi connectivity index (χ2n) is 7.85. The SMILES string of the molecule is CC12CCC(c3nnc(SCC(=O)N4CCCC4)nc31)C2(C)C. The molecule has 1 amide bonds. The summed E-state index contributed by atoms with van der Waals surface area (Å²) in [4.78, 5) is 18.9. The molecule has 6 heteroatoms. The van der Waals surface area contributed by atoms with Crippen molar-refractivity contribution in [1.29, 1.82) is 0 Å². The third-order valence-electron chi connectivity index (χ3n) is 6.56. The molecular weight excluding hydrogens is 308 g/mol. The molecule has 0 radical (unpaired) electrons. The Morgan fingerprint density at radius 1 is 1.26 bits per heavy atom. The van der Waals surface area contributed by atoms with Crippen LogP contribution < -0.4 is 0 Å². The molecule has 5 nitrogen and oxygen atoms in total. The summed E-state index contributed by atoms with van der Waals surface area (Å²) < 4.78 is 0. The summed E-state index contributed by atoms with van der Waals surface area (Å²) >= 11 is 1.43. The van der Waals surface area contributed by atoms with Gasteiger partial charge in [-0.3, -0.25) is 4.79 Å². The van der Waals surface area contributed by atoms with E-state index in [1.54, 1.807) is 0 Å². The molecule has 124 valence electrons. The third kappa shape index (κ3) is 2.13. The first-order chi connectivity index (χ1) is 10.9. The van der Waals surface area contributed by atoms with E-state index < -0.39 is 0 Å². The molecule has 1 aliphatic heterocycles. The van der Waals surface area contributed by atoms with Crippen molar-refractivity contribution in [2.24, 2.45) is 5.41 Å². The summed E-state index contributed by atoms with van der Waals surface area (Å²) in [6, 6.07) is 0. The molecule has 3 aliphatic rings. The third-order valence-corrected chi connectivity index (χ3v) is 7.38. The van der Waals surface area contributed by atoms with Crippen LogP contribution in [-0.4, -0.2) is 44.8 Å². The number of hydrogen-bond acceptors (Lipinski definition) is 5. The first kappa shape index (κ1) is 15.4. The lowest BCUT2D eigenvalue weighted by atomic mass is 9.70. The maximum Gasteiger partial charge on any atom is 0.233 e. The molecule has 0 aromatic carbocycles. The number of rotatable bonds is 3. The largest absolute Gasteiger partial charge is 0.342 e. The van der Waals surface area contributed by atoms with E-state index in [4.69, 9.17) is 4.98 Å². The van der Waals surface area contributed by atoms with Crippen LogP contribution in [0.25, 0.3) is 0 Å². The van der Waals surface area contributed by atoms with Gasteiger partial charge in [-0.1, -0.05) is 32.5 Å². The molecule has 2 fully saturated rings. The maximum absolute atomic E-state index is 12.2. The number of aromatic nitrogens is 3. The van der Waals surface area contributed by atoms with Crippen LogP contribution >= 0.6 is 11.8 Å². The number of nitrogens with zero attached hydrogens (tertiary/aromatic N) is 4. The molecule has 2 bridgehead atoms. The van der Waals surface area contributed by atoms with Gasteiger partial charge in [0, 0.05) is 24.4 Å². The minimum absolute atomic E-state index is 0.0945. The standard InChI is InChI=1S/C17H24N4OS/c1-16(2)11-6-7-17(16,3)14-13(11)19-20-15(18-14)23-10-12(22)21-8-4-5-9-21/h11H,4-10H2,1-3H3. The van der Waals surface area contributed by atoms with Gasteiger partial charge in [-0.25, -0.2) is 4.98 Å². The van der Waals surface area contributed by atoms with E-state index >= 15 is 0 Å². The molecule has 23 heavy (non-hydrogen) atoms. The quantitative estimate of drug-likeness (QED) is 0.797. The minimum atomic E-state index is 0.0945. The highest BCUT2D eigenvalue weighted by molar-refractivity contribution is 7.99. The molecule has 2 aliphatic carbocycles. The highest BCUT2D eigenvalue weighted by atomic mass is 32.2. The van der Waals surface area contributed by atoms with Gasteiger partial charge in [0.2, 0.25) is 11.1 Å². The molecule has 1 saturated heterocycles. The van der Waals surface area contributed by atoms with Crippen molar-refractivity contribution in [1.82, 2.24) is 20.1 Å². The Morgan fingerprint density at radius 2 is 2.00 bits per heavy atom. The van der Waals surface area contributed by atoms with Crippen molar-refractivity contribution in [3.63, 3.8) is 0 Å². The fourth-order valence-corrected chi connectivity index (χ4v) is 5.30. The summed E-state index contributed by atoms with van der Waals surface area (Å²) in [7, 11) is 0. The average Bonchev–Trinajstić information content (AvgIpc) is 3.17. The molecule has 2 unspecified atom stereocenters. The van der Waals surface area contributed by atoms with Crippen LogP contribution in [0, 0.1) is 5.41 Å². The molecule has 2 atom stereocenters.